The largest absolute Gasteiger partial charge is 0.381 e. The van der Waals surface area contributed by atoms with Crippen molar-refractivity contribution in [2.75, 3.05) is 23.8 Å². The summed E-state index contributed by atoms with van der Waals surface area (Å²) in [5, 5.41) is 9.60. The van der Waals surface area contributed by atoms with Gasteiger partial charge in [-0.3, -0.25) is 4.79 Å². The maximum atomic E-state index is 13.4. The number of anilines is 2. The number of aromatic nitrogens is 3. The fourth-order valence-corrected chi connectivity index (χ4v) is 3.26. The lowest BCUT2D eigenvalue weighted by Gasteiger charge is -2.20. The first-order valence-electron chi connectivity index (χ1n) is 9.16. The summed E-state index contributed by atoms with van der Waals surface area (Å²) in [6.45, 7) is 0.0722. The molecule has 0 unspecified atom stereocenters. The predicted molar refractivity (Wildman–Crippen MR) is 105 cm³/mol. The van der Waals surface area contributed by atoms with Crippen LogP contribution in [0.2, 0.25) is 0 Å². The highest BCUT2D eigenvalue weighted by Crippen LogP contribution is 2.27. The molecule has 0 saturated carbocycles. The average molecular weight is 412 g/mol. The van der Waals surface area contributed by atoms with Gasteiger partial charge in [-0.1, -0.05) is 12.1 Å². The number of halogens is 2. The van der Waals surface area contributed by atoms with Crippen molar-refractivity contribution >= 4 is 23.3 Å². The molecule has 30 heavy (non-hydrogen) atoms. The van der Waals surface area contributed by atoms with E-state index in [0.717, 1.165) is 10.2 Å². The number of benzene rings is 1. The Kier molecular flexibility index (Phi) is 5.13. The highest BCUT2D eigenvalue weighted by Gasteiger charge is 2.30. The lowest BCUT2D eigenvalue weighted by atomic mass is 10.1. The Morgan fingerprint density at radius 1 is 1.27 bits per heavy atom. The number of pyridine rings is 1. The molecule has 0 fully saturated rings. The molecule has 8 nitrogen and oxygen atoms in total. The van der Waals surface area contributed by atoms with Crippen LogP contribution >= 0.6 is 0 Å². The number of rotatable bonds is 3. The maximum Gasteiger partial charge on any atom is 0.342 e. The molecule has 1 atom stereocenters. The second kappa shape index (κ2) is 7.90. The molecular weight excluding hydrogens is 394 g/mol. The normalized spacial score (nSPS) is 15.9. The Bertz CT molecular complexity index is 1120. The van der Waals surface area contributed by atoms with Gasteiger partial charge in [-0.25, -0.2) is 14.2 Å². The molecule has 0 spiro atoms. The molecule has 0 aliphatic carbocycles. The van der Waals surface area contributed by atoms with Crippen LogP contribution < -0.4 is 15.5 Å². The van der Waals surface area contributed by atoms with E-state index in [2.05, 4.69) is 20.7 Å². The van der Waals surface area contributed by atoms with Crippen molar-refractivity contribution in [1.29, 1.82) is 0 Å². The molecule has 2 amide bonds. The van der Waals surface area contributed by atoms with Crippen LogP contribution in [0, 0.1) is 11.8 Å². The number of nitrogens with zero attached hydrogens (tertiary/aromatic N) is 4. The molecule has 0 saturated heterocycles. The van der Waals surface area contributed by atoms with Gasteiger partial charge in [0.15, 0.2) is 0 Å². The van der Waals surface area contributed by atoms with Gasteiger partial charge in [0.1, 0.15) is 11.9 Å². The number of hydrogen-bond acceptors (Lipinski definition) is 5. The Morgan fingerprint density at radius 3 is 2.90 bits per heavy atom. The summed E-state index contributed by atoms with van der Waals surface area (Å²) in [4.78, 5) is 30.2. The first kappa shape index (κ1) is 19.5. The first-order valence-corrected chi connectivity index (χ1v) is 9.16. The molecule has 2 aromatic heterocycles. The highest BCUT2D eigenvalue weighted by molar-refractivity contribution is 6.02. The third-order valence-corrected chi connectivity index (χ3v) is 4.78. The molecule has 2 N–H and O–H groups in total. The van der Waals surface area contributed by atoms with Crippen molar-refractivity contribution in [3.8, 4) is 0 Å². The van der Waals surface area contributed by atoms with Crippen LogP contribution in [0.15, 0.2) is 48.9 Å². The summed E-state index contributed by atoms with van der Waals surface area (Å²) < 4.78 is 27.8. The summed E-state index contributed by atoms with van der Waals surface area (Å²) in [6.07, 6.45) is 4.69. The van der Waals surface area contributed by atoms with Gasteiger partial charge in [0.2, 0.25) is 5.95 Å². The molecule has 3 heterocycles. The molecule has 0 bridgehead atoms. The van der Waals surface area contributed by atoms with Crippen molar-refractivity contribution < 1.29 is 18.4 Å². The highest BCUT2D eigenvalue weighted by atomic mass is 19.1. The zero-order valence-electron chi connectivity index (χ0n) is 16.0. The van der Waals surface area contributed by atoms with E-state index in [1.165, 1.54) is 48.7 Å². The summed E-state index contributed by atoms with van der Waals surface area (Å²) in [5.41, 5.74) is 2.28. The van der Waals surface area contributed by atoms with Crippen molar-refractivity contribution in [3.05, 3.63) is 71.8 Å². The van der Waals surface area contributed by atoms with Crippen molar-refractivity contribution in [2.45, 2.75) is 12.5 Å². The number of carbonyl (C=O) groups excluding carboxylic acids is 2. The van der Waals surface area contributed by atoms with E-state index in [-0.39, 0.29) is 18.3 Å². The fourth-order valence-electron chi connectivity index (χ4n) is 3.26. The van der Waals surface area contributed by atoms with Crippen LogP contribution in [0.4, 0.5) is 25.0 Å². The van der Waals surface area contributed by atoms with Gasteiger partial charge in [-0.05, 0) is 23.3 Å². The van der Waals surface area contributed by atoms with Crippen LogP contribution in [0.25, 0.3) is 0 Å². The van der Waals surface area contributed by atoms with Crippen LogP contribution in [-0.2, 0) is 11.2 Å². The van der Waals surface area contributed by atoms with Crippen molar-refractivity contribution in [3.63, 3.8) is 0 Å². The fraction of sp³-hybridized carbons (Fsp3) is 0.200. The summed E-state index contributed by atoms with van der Waals surface area (Å²) in [6, 6.07) is 5.87. The number of amides is 2. The SMILES string of the molecule is CN1C(=O)[C@@H](NC(=O)n2cc(Cc3cccc(F)c3)cn2)CNc2cc(F)ncc21. The molecule has 3 aromatic rings. The van der Waals surface area contributed by atoms with E-state index in [9.17, 15) is 18.4 Å². The molecular formula is C20H18F2N6O2. The number of carbonyl (C=O) groups is 2. The van der Waals surface area contributed by atoms with E-state index in [4.69, 9.17) is 0 Å². The number of nitrogens with one attached hydrogen (secondary N) is 2. The second-order valence-corrected chi connectivity index (χ2v) is 6.90. The molecule has 1 aliphatic rings. The van der Waals surface area contributed by atoms with Gasteiger partial charge in [0.25, 0.3) is 5.91 Å². The quantitative estimate of drug-likeness (QED) is 0.644. The molecule has 4 rings (SSSR count). The molecule has 10 heteroatoms. The zero-order chi connectivity index (χ0) is 21.3. The third-order valence-electron chi connectivity index (χ3n) is 4.78. The van der Waals surface area contributed by atoms with E-state index in [0.29, 0.717) is 23.4 Å². The van der Waals surface area contributed by atoms with Gasteiger partial charge in [-0.2, -0.15) is 14.2 Å². The van der Waals surface area contributed by atoms with Gasteiger partial charge >= 0.3 is 6.03 Å². The first-order chi connectivity index (χ1) is 14.4. The molecule has 1 aliphatic heterocycles. The van der Waals surface area contributed by atoms with Gasteiger partial charge in [0.05, 0.1) is 23.8 Å². The topological polar surface area (TPSA) is 92.2 Å². The average Bonchev–Trinajstić information content (AvgIpc) is 3.14. The Labute approximate surface area is 170 Å². The Morgan fingerprint density at radius 2 is 2.10 bits per heavy atom. The monoisotopic (exact) mass is 412 g/mol. The van der Waals surface area contributed by atoms with E-state index >= 15 is 0 Å². The lowest BCUT2D eigenvalue weighted by Crippen LogP contribution is -2.50. The summed E-state index contributed by atoms with van der Waals surface area (Å²) in [5.74, 6) is -1.39. The molecule has 0 radical (unpaired) electrons. The van der Waals surface area contributed by atoms with Crippen LogP contribution in [0.3, 0.4) is 0 Å². The van der Waals surface area contributed by atoms with Crippen LogP contribution in [-0.4, -0.2) is 46.3 Å². The van der Waals surface area contributed by atoms with Gasteiger partial charge in [0, 0.05) is 32.3 Å². The minimum absolute atomic E-state index is 0.0722. The lowest BCUT2D eigenvalue weighted by molar-refractivity contribution is -0.119. The van der Waals surface area contributed by atoms with Gasteiger partial charge in [-0.15, -0.1) is 0 Å². The van der Waals surface area contributed by atoms with Crippen LogP contribution in [0.1, 0.15) is 11.1 Å². The Hall–Kier alpha value is -3.82. The second-order valence-electron chi connectivity index (χ2n) is 6.90. The molecule has 1 aromatic carbocycles. The zero-order valence-corrected chi connectivity index (χ0v) is 16.0. The van der Waals surface area contributed by atoms with Crippen molar-refractivity contribution in [1.82, 2.24) is 20.1 Å². The maximum absolute atomic E-state index is 13.4. The third kappa shape index (κ3) is 3.97. The Balaban J connectivity index is 1.45. The minimum atomic E-state index is -0.895. The van der Waals surface area contributed by atoms with Gasteiger partial charge < -0.3 is 15.5 Å². The predicted octanol–water partition coefficient (Wildman–Crippen LogP) is 2.16. The number of hydrogen-bond donors (Lipinski definition) is 2. The number of likely N-dealkylation sites (N-methyl/N-ethyl adjacent to an activating group) is 1. The summed E-state index contributed by atoms with van der Waals surface area (Å²) in [7, 11) is 1.53. The van der Waals surface area contributed by atoms with E-state index in [1.807, 2.05) is 0 Å². The van der Waals surface area contributed by atoms with Crippen LogP contribution in [0.5, 0.6) is 0 Å². The summed E-state index contributed by atoms with van der Waals surface area (Å²) >= 11 is 0. The van der Waals surface area contributed by atoms with E-state index < -0.39 is 18.0 Å². The standard InChI is InChI=1S/C20H18F2N6O2/c1-27-17-10-24-18(22)7-15(17)23-9-16(19(27)29)26-20(30)28-11-13(8-25-28)5-12-3-2-4-14(21)6-12/h2-4,6-8,10-11,16,23H,5,9H2,1H3,(H,26,30)/t16-/m0/s1. The molecule has 154 valence electrons. The van der Waals surface area contributed by atoms with E-state index in [1.54, 1.807) is 12.1 Å². The van der Waals surface area contributed by atoms with Crippen molar-refractivity contribution in [2.24, 2.45) is 0 Å². The smallest absolute Gasteiger partial charge is 0.342 e. The number of fused-ring (bicyclic) bond motifs is 1. The minimum Gasteiger partial charge on any atom is -0.381 e.